The molecule has 1 aromatic carbocycles. The lowest BCUT2D eigenvalue weighted by Gasteiger charge is -2.09. The summed E-state index contributed by atoms with van der Waals surface area (Å²) in [6.45, 7) is 1.70. The molecular weight excluding hydrogens is 282 g/mol. The van der Waals surface area contributed by atoms with Crippen molar-refractivity contribution >= 4 is 15.7 Å². The second-order valence-corrected chi connectivity index (χ2v) is 5.86. The van der Waals surface area contributed by atoms with Crippen LogP contribution < -0.4 is 9.46 Å². The van der Waals surface area contributed by atoms with E-state index in [1.165, 1.54) is 25.4 Å². The molecule has 0 radical (unpaired) electrons. The summed E-state index contributed by atoms with van der Waals surface area (Å²) < 4.78 is 33.1. The van der Waals surface area contributed by atoms with E-state index in [4.69, 9.17) is 4.74 Å². The van der Waals surface area contributed by atoms with E-state index in [0.29, 0.717) is 11.6 Å². The molecule has 2 N–H and O–H groups in total. The van der Waals surface area contributed by atoms with Gasteiger partial charge >= 0.3 is 0 Å². The Hall–Kier alpha value is -2.22. The molecule has 20 heavy (non-hydrogen) atoms. The summed E-state index contributed by atoms with van der Waals surface area (Å²) in [6, 6.07) is 4.28. The van der Waals surface area contributed by atoms with Crippen molar-refractivity contribution in [1.29, 1.82) is 0 Å². The molecule has 0 aliphatic heterocycles. The van der Waals surface area contributed by atoms with E-state index < -0.39 is 10.0 Å². The first-order chi connectivity index (χ1) is 9.33. The van der Waals surface area contributed by atoms with E-state index in [0.717, 1.165) is 0 Å². The number of imidazole rings is 1. The molecule has 0 aliphatic rings. The number of sulfonamides is 1. The third-order valence-corrected chi connectivity index (χ3v) is 4.05. The Morgan fingerprint density at radius 1 is 1.40 bits per heavy atom. The van der Waals surface area contributed by atoms with E-state index in [1.807, 2.05) is 0 Å². The molecular formula is C12H15N3O4S. The zero-order chi connectivity index (χ0) is 14.9. The summed E-state index contributed by atoms with van der Waals surface area (Å²) in [4.78, 5) is 3.95. The predicted octanol–water partition coefficient (Wildman–Crippen LogP) is 1.24. The van der Waals surface area contributed by atoms with Crippen molar-refractivity contribution < 1.29 is 18.3 Å². The van der Waals surface area contributed by atoms with Gasteiger partial charge in [-0.1, -0.05) is 0 Å². The minimum Gasteiger partial charge on any atom is -0.506 e. The van der Waals surface area contributed by atoms with Crippen LogP contribution in [0.1, 0.15) is 5.82 Å². The van der Waals surface area contributed by atoms with Crippen molar-refractivity contribution in [2.24, 2.45) is 7.05 Å². The number of aromatic hydroxyl groups is 1. The number of phenolic OH excluding ortho intramolecular Hbond substituents is 1. The van der Waals surface area contributed by atoms with Gasteiger partial charge in [-0.3, -0.25) is 4.72 Å². The topological polar surface area (TPSA) is 93.5 Å². The average Bonchev–Trinajstić information content (AvgIpc) is 2.73. The second kappa shape index (κ2) is 5.04. The first-order valence-electron chi connectivity index (χ1n) is 5.73. The Labute approximate surface area is 116 Å². The van der Waals surface area contributed by atoms with Gasteiger partial charge in [-0.25, -0.2) is 4.98 Å². The molecule has 0 atom stereocenters. The van der Waals surface area contributed by atoms with Crippen LogP contribution in [-0.2, 0) is 17.1 Å². The minimum absolute atomic E-state index is 0.0640. The van der Waals surface area contributed by atoms with Crippen LogP contribution in [0.2, 0.25) is 0 Å². The number of nitrogens with zero attached hydrogens (tertiary/aromatic N) is 2. The normalized spacial score (nSPS) is 11.3. The number of hydrogen-bond acceptors (Lipinski definition) is 5. The van der Waals surface area contributed by atoms with Crippen LogP contribution >= 0.6 is 0 Å². The Balaban J connectivity index is 2.33. The Kier molecular flexibility index (Phi) is 3.58. The van der Waals surface area contributed by atoms with Crippen LogP contribution in [0.25, 0.3) is 0 Å². The molecule has 0 saturated carbocycles. The highest BCUT2D eigenvalue weighted by atomic mass is 32.2. The highest BCUT2D eigenvalue weighted by Gasteiger charge is 2.20. The van der Waals surface area contributed by atoms with Gasteiger partial charge in [0.2, 0.25) is 0 Å². The summed E-state index contributed by atoms with van der Waals surface area (Å²) in [7, 11) is -0.686. The zero-order valence-electron chi connectivity index (χ0n) is 11.3. The number of rotatable bonds is 4. The number of phenols is 1. The largest absolute Gasteiger partial charge is 0.506 e. The summed E-state index contributed by atoms with van der Waals surface area (Å²) in [6.07, 6.45) is 1.40. The molecule has 7 nitrogen and oxygen atoms in total. The van der Waals surface area contributed by atoms with Gasteiger partial charge in [0.05, 0.1) is 12.8 Å². The van der Waals surface area contributed by atoms with Gasteiger partial charge in [0, 0.05) is 19.3 Å². The van der Waals surface area contributed by atoms with Crippen LogP contribution in [-0.4, -0.2) is 30.2 Å². The lowest BCUT2D eigenvalue weighted by atomic mass is 10.3. The SMILES string of the molecule is COc1ccc(NS(=O)(=O)c2cn(C)c(C)n2)c(O)c1. The number of ether oxygens (including phenoxy) is 1. The molecule has 0 amide bonds. The van der Waals surface area contributed by atoms with Gasteiger partial charge in [-0.15, -0.1) is 0 Å². The van der Waals surface area contributed by atoms with E-state index in [9.17, 15) is 13.5 Å². The third-order valence-electron chi connectivity index (χ3n) is 2.81. The first kappa shape index (κ1) is 14.2. The van der Waals surface area contributed by atoms with Crippen molar-refractivity contribution in [2.45, 2.75) is 11.9 Å². The van der Waals surface area contributed by atoms with Crippen molar-refractivity contribution in [2.75, 3.05) is 11.8 Å². The molecule has 1 heterocycles. The average molecular weight is 297 g/mol. The molecule has 0 unspecified atom stereocenters. The van der Waals surface area contributed by atoms with Crippen LogP contribution in [0, 0.1) is 6.92 Å². The Morgan fingerprint density at radius 2 is 2.10 bits per heavy atom. The predicted molar refractivity (Wildman–Crippen MR) is 73.4 cm³/mol. The van der Waals surface area contributed by atoms with Gasteiger partial charge in [0.1, 0.15) is 17.3 Å². The Bertz CT molecular complexity index is 718. The van der Waals surface area contributed by atoms with Crippen molar-refractivity contribution in [3.63, 3.8) is 0 Å². The van der Waals surface area contributed by atoms with E-state index in [2.05, 4.69) is 9.71 Å². The highest BCUT2D eigenvalue weighted by molar-refractivity contribution is 7.92. The smallest absolute Gasteiger partial charge is 0.281 e. The van der Waals surface area contributed by atoms with Crippen LogP contribution in [0.5, 0.6) is 11.5 Å². The Morgan fingerprint density at radius 3 is 2.60 bits per heavy atom. The first-order valence-corrected chi connectivity index (χ1v) is 7.21. The van der Waals surface area contributed by atoms with Gasteiger partial charge in [-0.05, 0) is 19.1 Å². The van der Waals surface area contributed by atoms with Crippen molar-refractivity contribution in [3.8, 4) is 11.5 Å². The molecule has 0 saturated heterocycles. The monoisotopic (exact) mass is 297 g/mol. The number of hydrogen-bond donors (Lipinski definition) is 2. The minimum atomic E-state index is -3.84. The fraction of sp³-hybridized carbons (Fsp3) is 0.250. The summed E-state index contributed by atoms with van der Waals surface area (Å²) >= 11 is 0. The molecule has 8 heteroatoms. The maximum Gasteiger partial charge on any atom is 0.281 e. The fourth-order valence-electron chi connectivity index (χ4n) is 1.58. The molecule has 0 fully saturated rings. The molecule has 0 spiro atoms. The maximum atomic E-state index is 12.1. The number of aromatic nitrogens is 2. The van der Waals surface area contributed by atoms with Crippen LogP contribution in [0.4, 0.5) is 5.69 Å². The van der Waals surface area contributed by atoms with E-state index >= 15 is 0 Å². The summed E-state index contributed by atoms with van der Waals surface area (Å²) in [5.74, 6) is 0.782. The zero-order valence-corrected chi connectivity index (χ0v) is 12.1. The van der Waals surface area contributed by atoms with Crippen LogP contribution in [0.3, 0.4) is 0 Å². The van der Waals surface area contributed by atoms with Crippen LogP contribution in [0.15, 0.2) is 29.4 Å². The number of nitrogens with one attached hydrogen (secondary N) is 1. The summed E-state index contributed by atoms with van der Waals surface area (Å²) in [5, 5.41) is 9.66. The third kappa shape index (κ3) is 2.69. The molecule has 0 aliphatic carbocycles. The van der Waals surface area contributed by atoms with Gasteiger partial charge in [0.25, 0.3) is 10.0 Å². The number of aryl methyl sites for hydroxylation is 2. The van der Waals surface area contributed by atoms with Crippen molar-refractivity contribution in [1.82, 2.24) is 9.55 Å². The number of methoxy groups -OCH3 is 1. The molecule has 1 aromatic heterocycles. The number of benzene rings is 1. The second-order valence-electron chi connectivity index (χ2n) is 4.23. The lowest BCUT2D eigenvalue weighted by Crippen LogP contribution is -2.13. The standard InChI is InChI=1S/C12H15N3O4S/c1-8-13-12(7-15(8)2)20(17,18)14-10-5-4-9(19-3)6-11(10)16/h4-7,14,16H,1-3H3. The quantitative estimate of drug-likeness (QED) is 0.828. The van der Waals surface area contributed by atoms with Gasteiger partial charge < -0.3 is 14.4 Å². The lowest BCUT2D eigenvalue weighted by molar-refractivity contribution is 0.408. The van der Waals surface area contributed by atoms with Gasteiger partial charge in [0.15, 0.2) is 5.03 Å². The summed E-state index contributed by atoms with van der Waals surface area (Å²) in [5.41, 5.74) is 0.0640. The van der Waals surface area contributed by atoms with Gasteiger partial charge in [-0.2, -0.15) is 8.42 Å². The molecule has 2 rings (SSSR count). The molecule has 0 bridgehead atoms. The fourth-order valence-corrected chi connectivity index (χ4v) is 2.69. The maximum absolute atomic E-state index is 12.1. The van der Waals surface area contributed by atoms with E-state index in [1.54, 1.807) is 24.6 Å². The van der Waals surface area contributed by atoms with Crippen molar-refractivity contribution in [3.05, 3.63) is 30.2 Å². The molecule has 2 aromatic rings. The van der Waals surface area contributed by atoms with E-state index in [-0.39, 0.29) is 16.5 Å². The molecule has 108 valence electrons. The number of anilines is 1. The highest BCUT2D eigenvalue weighted by Crippen LogP contribution is 2.29.